The number of carbonyl (C=O) groups excluding carboxylic acids is 1. The van der Waals surface area contributed by atoms with Crippen LogP contribution in [-0.2, 0) is 4.79 Å². The number of carbonyl (C=O) groups is 1. The molecular weight excluding hydrogens is 350 g/mol. The summed E-state index contributed by atoms with van der Waals surface area (Å²) in [5.41, 5.74) is 0.784. The first-order valence-corrected chi connectivity index (χ1v) is 10.2. The van der Waals surface area contributed by atoms with Gasteiger partial charge >= 0.3 is 0 Å². The summed E-state index contributed by atoms with van der Waals surface area (Å²) >= 11 is 1.29. The van der Waals surface area contributed by atoms with Crippen molar-refractivity contribution in [3.05, 3.63) is 18.1 Å². The molecule has 2 aliphatic rings. The normalized spacial score (nSPS) is 26.8. The van der Waals surface area contributed by atoms with E-state index in [0.717, 1.165) is 23.2 Å². The summed E-state index contributed by atoms with van der Waals surface area (Å²) in [5.74, 6) is 3.50. The third-order valence-corrected chi connectivity index (χ3v) is 6.88. The van der Waals surface area contributed by atoms with Gasteiger partial charge in [0.15, 0.2) is 0 Å². The second-order valence-electron chi connectivity index (χ2n) is 7.66. The largest absolute Gasteiger partial charge is 0.469 e. The van der Waals surface area contributed by atoms with Gasteiger partial charge in [0.25, 0.3) is 11.1 Å². The molecule has 4 rings (SSSR count). The average Bonchev–Trinajstić information content (AvgIpc) is 3.38. The van der Waals surface area contributed by atoms with Gasteiger partial charge in [0.2, 0.25) is 5.91 Å². The van der Waals surface area contributed by atoms with Crippen molar-refractivity contribution in [2.45, 2.75) is 63.0 Å². The lowest BCUT2D eigenvalue weighted by atomic mass is 9.84. The van der Waals surface area contributed by atoms with Crippen LogP contribution in [0, 0.1) is 24.7 Å². The van der Waals surface area contributed by atoms with Gasteiger partial charge in [-0.25, -0.2) is 0 Å². The van der Waals surface area contributed by atoms with Gasteiger partial charge < -0.3 is 14.2 Å². The van der Waals surface area contributed by atoms with E-state index in [2.05, 4.69) is 22.4 Å². The summed E-state index contributed by atoms with van der Waals surface area (Å²) in [6.45, 7) is 5.87. The molecule has 2 aromatic heterocycles. The number of hydrogen-bond donors (Lipinski definition) is 1. The van der Waals surface area contributed by atoms with Crippen molar-refractivity contribution in [3.63, 3.8) is 0 Å². The molecule has 1 amide bonds. The maximum Gasteiger partial charge on any atom is 0.277 e. The fourth-order valence-corrected chi connectivity index (χ4v) is 5.23. The molecule has 140 valence electrons. The van der Waals surface area contributed by atoms with Crippen molar-refractivity contribution in [3.8, 4) is 11.5 Å². The summed E-state index contributed by atoms with van der Waals surface area (Å²) in [5, 5.41) is 11.4. The Morgan fingerprint density at radius 2 is 2.15 bits per heavy atom. The first-order chi connectivity index (χ1) is 12.5. The molecule has 2 aliphatic carbocycles. The van der Waals surface area contributed by atoms with Crippen LogP contribution >= 0.6 is 11.8 Å². The van der Waals surface area contributed by atoms with Crippen molar-refractivity contribution in [2.24, 2.45) is 17.8 Å². The van der Waals surface area contributed by atoms with Crippen LogP contribution in [0.15, 0.2) is 26.4 Å². The van der Waals surface area contributed by atoms with E-state index < -0.39 is 0 Å². The number of thioether (sulfide) groups is 1. The molecule has 0 aliphatic heterocycles. The first kappa shape index (κ1) is 17.6. The van der Waals surface area contributed by atoms with E-state index in [9.17, 15) is 4.79 Å². The zero-order valence-electron chi connectivity index (χ0n) is 15.4. The first-order valence-electron chi connectivity index (χ1n) is 9.36. The molecule has 2 aromatic rings. The van der Waals surface area contributed by atoms with Crippen molar-refractivity contribution < 1.29 is 13.6 Å². The second kappa shape index (κ2) is 7.10. The van der Waals surface area contributed by atoms with Gasteiger partial charge in [-0.05, 0) is 63.9 Å². The molecule has 5 atom stereocenters. The lowest BCUT2D eigenvalue weighted by Crippen LogP contribution is -2.43. The number of aryl methyl sites for hydroxylation is 1. The maximum atomic E-state index is 12.6. The SMILES string of the molecule is Cc1occc1-c1nnc(SC(C)C(=O)NC(C)C2CC3CCC2C3)o1. The molecule has 2 bridgehead atoms. The summed E-state index contributed by atoms with van der Waals surface area (Å²) in [4.78, 5) is 12.6. The van der Waals surface area contributed by atoms with E-state index in [4.69, 9.17) is 8.83 Å². The van der Waals surface area contributed by atoms with E-state index in [-0.39, 0.29) is 17.2 Å². The number of hydrogen-bond acceptors (Lipinski definition) is 6. The molecule has 0 spiro atoms. The number of fused-ring (bicyclic) bond motifs is 2. The van der Waals surface area contributed by atoms with Gasteiger partial charge in [-0.2, -0.15) is 0 Å². The van der Waals surface area contributed by atoms with Crippen LogP contribution in [0.25, 0.3) is 11.5 Å². The highest BCUT2D eigenvalue weighted by molar-refractivity contribution is 8.00. The fourth-order valence-electron chi connectivity index (χ4n) is 4.53. The number of furan rings is 1. The number of amides is 1. The van der Waals surface area contributed by atoms with E-state index in [1.165, 1.54) is 37.4 Å². The molecule has 5 unspecified atom stereocenters. The molecule has 6 nitrogen and oxygen atoms in total. The van der Waals surface area contributed by atoms with Crippen LogP contribution in [0.2, 0.25) is 0 Å². The van der Waals surface area contributed by atoms with Crippen LogP contribution in [0.4, 0.5) is 0 Å². The van der Waals surface area contributed by atoms with Gasteiger partial charge in [-0.15, -0.1) is 10.2 Å². The molecule has 0 saturated heterocycles. The van der Waals surface area contributed by atoms with Crippen LogP contribution in [0.1, 0.15) is 45.3 Å². The minimum Gasteiger partial charge on any atom is -0.469 e. The highest BCUT2D eigenvalue weighted by Crippen LogP contribution is 2.49. The quantitative estimate of drug-likeness (QED) is 0.767. The predicted molar refractivity (Wildman–Crippen MR) is 98.6 cm³/mol. The van der Waals surface area contributed by atoms with Gasteiger partial charge in [0.05, 0.1) is 17.1 Å². The maximum absolute atomic E-state index is 12.6. The van der Waals surface area contributed by atoms with E-state index in [1.807, 2.05) is 13.8 Å². The predicted octanol–water partition coefficient (Wildman–Crippen LogP) is 4.06. The van der Waals surface area contributed by atoms with E-state index in [0.29, 0.717) is 17.0 Å². The molecule has 2 saturated carbocycles. The Hall–Kier alpha value is -1.76. The molecule has 1 N–H and O–H groups in total. The molecular formula is C19H25N3O3S. The zero-order valence-corrected chi connectivity index (χ0v) is 16.2. The standard InChI is InChI=1S/C19H25N3O3S/c1-10(16-9-13-4-5-14(16)8-13)20-17(23)12(3)26-19-22-21-18(25-19)15-6-7-24-11(15)2/h6-7,10,12-14,16H,4-5,8-9H2,1-3H3,(H,20,23). The van der Waals surface area contributed by atoms with E-state index in [1.54, 1.807) is 12.3 Å². The number of rotatable bonds is 6. The summed E-state index contributed by atoms with van der Waals surface area (Å²) < 4.78 is 10.9. The van der Waals surface area contributed by atoms with E-state index >= 15 is 0 Å². The molecule has 7 heteroatoms. The van der Waals surface area contributed by atoms with Gasteiger partial charge in [-0.1, -0.05) is 18.2 Å². The smallest absolute Gasteiger partial charge is 0.277 e. The van der Waals surface area contributed by atoms with Crippen LogP contribution in [0.3, 0.4) is 0 Å². The highest BCUT2D eigenvalue weighted by Gasteiger charge is 2.42. The minimum atomic E-state index is -0.283. The van der Waals surface area contributed by atoms with Crippen molar-refractivity contribution in [1.29, 1.82) is 0 Å². The van der Waals surface area contributed by atoms with Crippen LogP contribution in [0.5, 0.6) is 0 Å². The topological polar surface area (TPSA) is 81.2 Å². The Balaban J connectivity index is 1.33. The number of aromatic nitrogens is 2. The molecule has 26 heavy (non-hydrogen) atoms. The summed E-state index contributed by atoms with van der Waals surface area (Å²) in [6.07, 6.45) is 6.93. The van der Waals surface area contributed by atoms with Gasteiger partial charge in [0, 0.05) is 6.04 Å². The Bertz CT molecular complexity index is 787. The van der Waals surface area contributed by atoms with Gasteiger partial charge in [-0.3, -0.25) is 4.79 Å². The van der Waals surface area contributed by atoms with Gasteiger partial charge in [0.1, 0.15) is 5.76 Å². The monoisotopic (exact) mass is 375 g/mol. The lowest BCUT2D eigenvalue weighted by Gasteiger charge is -2.29. The Morgan fingerprint density at radius 3 is 2.81 bits per heavy atom. The van der Waals surface area contributed by atoms with Crippen molar-refractivity contribution >= 4 is 17.7 Å². The summed E-state index contributed by atoms with van der Waals surface area (Å²) in [6, 6.07) is 2.03. The Kier molecular flexibility index (Phi) is 4.82. The molecule has 0 radical (unpaired) electrons. The summed E-state index contributed by atoms with van der Waals surface area (Å²) in [7, 11) is 0. The van der Waals surface area contributed by atoms with Crippen molar-refractivity contribution in [1.82, 2.24) is 15.5 Å². The minimum absolute atomic E-state index is 0.0320. The Labute approximate surface area is 157 Å². The average molecular weight is 375 g/mol. The zero-order chi connectivity index (χ0) is 18.3. The number of nitrogens with one attached hydrogen (secondary N) is 1. The second-order valence-corrected chi connectivity index (χ2v) is 8.95. The van der Waals surface area contributed by atoms with Crippen LogP contribution < -0.4 is 5.32 Å². The Morgan fingerprint density at radius 1 is 1.31 bits per heavy atom. The third kappa shape index (κ3) is 3.41. The fraction of sp³-hybridized carbons (Fsp3) is 0.632. The molecule has 2 heterocycles. The lowest BCUT2D eigenvalue weighted by molar-refractivity contribution is -0.121. The highest BCUT2D eigenvalue weighted by atomic mass is 32.2. The molecule has 0 aromatic carbocycles. The number of nitrogens with zero attached hydrogens (tertiary/aromatic N) is 2. The third-order valence-electron chi connectivity index (χ3n) is 5.95. The molecule has 2 fully saturated rings. The van der Waals surface area contributed by atoms with Crippen molar-refractivity contribution in [2.75, 3.05) is 0 Å². The van der Waals surface area contributed by atoms with Crippen LogP contribution in [-0.4, -0.2) is 27.4 Å².